The highest BCUT2D eigenvalue weighted by Crippen LogP contribution is 2.30. The molecule has 0 fully saturated rings. The number of benzene rings is 2. The van der Waals surface area contributed by atoms with Gasteiger partial charge in [-0.1, -0.05) is 73.0 Å². The Balaban J connectivity index is 0.000000541. The molecule has 2 rings (SSSR count). The van der Waals surface area contributed by atoms with Gasteiger partial charge < -0.3 is 4.79 Å². The van der Waals surface area contributed by atoms with Crippen LogP contribution in [0, 0.1) is 13.8 Å². The molecular weight excluding hydrogens is 268 g/mol. The Morgan fingerprint density at radius 3 is 1.64 bits per heavy atom. The van der Waals surface area contributed by atoms with E-state index < -0.39 is 0 Å². The molecule has 1 heteroatoms. The Morgan fingerprint density at radius 1 is 0.909 bits per heavy atom. The summed E-state index contributed by atoms with van der Waals surface area (Å²) in [5.74, 6) is 0.704. The summed E-state index contributed by atoms with van der Waals surface area (Å²) in [4.78, 5) is 9.44. The molecule has 118 valence electrons. The van der Waals surface area contributed by atoms with Crippen LogP contribution in [0.2, 0.25) is 0 Å². The molecule has 1 nitrogen and oxygen atoms in total. The third kappa shape index (κ3) is 6.26. The maximum Gasteiger partial charge on any atom is 0.126 e. The lowest BCUT2D eigenvalue weighted by Gasteiger charge is -2.18. The number of hydrogen-bond acceptors (Lipinski definition) is 1. The van der Waals surface area contributed by atoms with E-state index in [2.05, 4.69) is 69.3 Å². The lowest BCUT2D eigenvalue weighted by Crippen LogP contribution is -2.01. The van der Waals surface area contributed by atoms with Crippen LogP contribution < -0.4 is 0 Å². The van der Waals surface area contributed by atoms with Gasteiger partial charge in [0.05, 0.1) is 0 Å². The van der Waals surface area contributed by atoms with Crippen molar-refractivity contribution in [3.05, 3.63) is 70.8 Å². The van der Waals surface area contributed by atoms with Gasteiger partial charge >= 0.3 is 0 Å². The second kappa shape index (κ2) is 9.19. The lowest BCUT2D eigenvalue weighted by molar-refractivity contribution is -0.114. The first kappa shape index (κ1) is 18.2. The van der Waals surface area contributed by atoms with Crippen molar-refractivity contribution in [2.45, 2.75) is 53.4 Å². The van der Waals surface area contributed by atoms with Crippen molar-refractivity contribution >= 4 is 5.78 Å². The number of carbonyl (C=O) groups is 1. The summed E-state index contributed by atoms with van der Waals surface area (Å²) in [6.07, 6.45) is 2.43. The fraction of sp³-hybridized carbons (Fsp3) is 0.381. The Morgan fingerprint density at radius 2 is 1.32 bits per heavy atom. The first-order valence-corrected chi connectivity index (χ1v) is 8.04. The van der Waals surface area contributed by atoms with Crippen LogP contribution in [0.15, 0.2) is 48.5 Å². The number of carbonyl (C=O) groups excluding carboxylic acids is 1. The van der Waals surface area contributed by atoms with Gasteiger partial charge in [-0.25, -0.2) is 0 Å². The number of ketones is 1. The highest BCUT2D eigenvalue weighted by atomic mass is 16.1. The number of hydrogen-bond donors (Lipinski definition) is 0. The van der Waals surface area contributed by atoms with Gasteiger partial charge in [-0.15, -0.1) is 0 Å². The monoisotopic (exact) mass is 296 g/mol. The van der Waals surface area contributed by atoms with Gasteiger partial charge in [0.15, 0.2) is 0 Å². The highest BCUT2D eigenvalue weighted by Gasteiger charge is 2.13. The number of rotatable bonds is 4. The molecule has 2 aromatic rings. The molecule has 0 aliphatic rings. The van der Waals surface area contributed by atoms with Crippen molar-refractivity contribution in [1.29, 1.82) is 0 Å². The van der Waals surface area contributed by atoms with E-state index in [1.54, 1.807) is 0 Å². The van der Waals surface area contributed by atoms with Crippen molar-refractivity contribution in [2.75, 3.05) is 0 Å². The quantitative estimate of drug-likeness (QED) is 0.693. The van der Waals surface area contributed by atoms with Crippen LogP contribution in [-0.2, 0) is 4.79 Å². The topological polar surface area (TPSA) is 17.1 Å². The average Bonchev–Trinajstić information content (AvgIpc) is 2.44. The molecule has 0 bridgehead atoms. The summed E-state index contributed by atoms with van der Waals surface area (Å²) < 4.78 is 0. The van der Waals surface area contributed by atoms with Crippen LogP contribution in [0.5, 0.6) is 0 Å². The molecule has 0 radical (unpaired) electrons. The maximum absolute atomic E-state index is 9.44. The van der Waals surface area contributed by atoms with Gasteiger partial charge in [-0.05, 0) is 45.2 Å². The summed E-state index contributed by atoms with van der Waals surface area (Å²) >= 11 is 0. The molecule has 0 N–H and O–H groups in total. The predicted octanol–water partition coefficient (Wildman–Crippen LogP) is 5.83. The van der Waals surface area contributed by atoms with Gasteiger partial charge in [-0.2, -0.15) is 0 Å². The minimum atomic E-state index is 0.167. The van der Waals surface area contributed by atoms with E-state index >= 15 is 0 Å². The molecule has 0 saturated heterocycles. The molecule has 0 aliphatic carbocycles. The molecule has 2 aromatic carbocycles. The van der Waals surface area contributed by atoms with Crippen molar-refractivity contribution in [1.82, 2.24) is 0 Å². The minimum Gasteiger partial charge on any atom is -0.300 e. The SMILES string of the molecule is CC(C)=O.CCCC(c1cccc(C)c1)c1cccc(C)c1. The number of aryl methyl sites for hydroxylation is 2. The normalized spacial score (nSPS) is 10.1. The van der Waals surface area contributed by atoms with Crippen LogP contribution >= 0.6 is 0 Å². The Bertz CT molecular complexity index is 549. The van der Waals surface area contributed by atoms with Gasteiger partial charge in [0.1, 0.15) is 5.78 Å². The molecule has 0 amide bonds. The third-order valence-electron chi connectivity index (χ3n) is 3.47. The first-order valence-electron chi connectivity index (χ1n) is 8.04. The third-order valence-corrected chi connectivity index (χ3v) is 3.47. The van der Waals surface area contributed by atoms with Gasteiger partial charge in [0.2, 0.25) is 0 Å². The fourth-order valence-corrected chi connectivity index (χ4v) is 2.59. The molecule has 0 atom stereocenters. The van der Waals surface area contributed by atoms with Crippen LogP contribution in [0.25, 0.3) is 0 Å². The second-order valence-corrected chi connectivity index (χ2v) is 6.08. The van der Waals surface area contributed by atoms with E-state index in [0.717, 1.165) is 0 Å². The largest absolute Gasteiger partial charge is 0.300 e. The van der Waals surface area contributed by atoms with Gasteiger partial charge in [0.25, 0.3) is 0 Å². The maximum atomic E-state index is 9.44. The minimum absolute atomic E-state index is 0.167. The summed E-state index contributed by atoms with van der Waals surface area (Å²) in [5.41, 5.74) is 5.59. The Labute approximate surface area is 135 Å². The smallest absolute Gasteiger partial charge is 0.126 e. The highest BCUT2D eigenvalue weighted by molar-refractivity contribution is 5.72. The molecule has 0 unspecified atom stereocenters. The molecule has 0 saturated carbocycles. The first-order chi connectivity index (χ1) is 10.4. The molecule has 0 spiro atoms. The molecule has 0 aromatic heterocycles. The lowest BCUT2D eigenvalue weighted by atomic mass is 9.86. The average molecular weight is 296 g/mol. The van der Waals surface area contributed by atoms with E-state index in [9.17, 15) is 4.79 Å². The van der Waals surface area contributed by atoms with Crippen molar-refractivity contribution < 1.29 is 4.79 Å². The molecule has 22 heavy (non-hydrogen) atoms. The second-order valence-electron chi connectivity index (χ2n) is 6.08. The molecular formula is C21H28O. The Hall–Kier alpha value is -1.89. The van der Waals surface area contributed by atoms with E-state index in [0.29, 0.717) is 5.92 Å². The van der Waals surface area contributed by atoms with Crippen LogP contribution in [-0.4, -0.2) is 5.78 Å². The van der Waals surface area contributed by atoms with Crippen molar-refractivity contribution in [3.8, 4) is 0 Å². The zero-order valence-corrected chi connectivity index (χ0v) is 14.5. The number of Topliss-reactive ketones (excluding diaryl/α,β-unsaturated/α-hetero) is 1. The van der Waals surface area contributed by atoms with E-state index in [4.69, 9.17) is 0 Å². The van der Waals surface area contributed by atoms with Crippen LogP contribution in [0.4, 0.5) is 0 Å². The van der Waals surface area contributed by atoms with Crippen molar-refractivity contribution in [3.63, 3.8) is 0 Å². The summed E-state index contributed by atoms with van der Waals surface area (Å²) in [7, 11) is 0. The van der Waals surface area contributed by atoms with Crippen molar-refractivity contribution in [2.24, 2.45) is 0 Å². The standard InChI is InChI=1S/C18H22.C3H6O/c1-4-7-18(16-10-5-8-14(2)12-16)17-11-6-9-15(3)13-17;1-3(2)4/h5-6,8-13,18H,4,7H2,1-3H3;1-2H3. The van der Waals surface area contributed by atoms with E-state index in [1.165, 1.54) is 48.9 Å². The van der Waals surface area contributed by atoms with E-state index in [-0.39, 0.29) is 5.78 Å². The summed E-state index contributed by atoms with van der Waals surface area (Å²) in [6, 6.07) is 17.8. The van der Waals surface area contributed by atoms with Crippen LogP contribution in [0.1, 0.15) is 61.8 Å². The summed E-state index contributed by atoms with van der Waals surface area (Å²) in [6.45, 7) is 9.66. The van der Waals surface area contributed by atoms with Gasteiger partial charge in [-0.3, -0.25) is 0 Å². The predicted molar refractivity (Wildman–Crippen MR) is 95.5 cm³/mol. The molecule has 0 heterocycles. The van der Waals surface area contributed by atoms with Crippen LogP contribution in [0.3, 0.4) is 0 Å². The Kier molecular flexibility index (Phi) is 7.59. The van der Waals surface area contributed by atoms with Gasteiger partial charge in [0, 0.05) is 5.92 Å². The molecule has 0 aliphatic heterocycles. The fourth-order valence-electron chi connectivity index (χ4n) is 2.59. The zero-order chi connectivity index (χ0) is 16.5. The summed E-state index contributed by atoms with van der Waals surface area (Å²) in [5, 5.41) is 0. The van der Waals surface area contributed by atoms with E-state index in [1.807, 2.05) is 0 Å². The zero-order valence-electron chi connectivity index (χ0n) is 14.5.